The first-order valence-corrected chi connectivity index (χ1v) is 8.82. The second-order valence-electron chi connectivity index (χ2n) is 5.92. The van der Waals surface area contributed by atoms with Crippen LogP contribution in [0.1, 0.15) is 37.3 Å². The van der Waals surface area contributed by atoms with E-state index in [9.17, 15) is 0 Å². The molecule has 0 radical (unpaired) electrons. The van der Waals surface area contributed by atoms with E-state index in [1.165, 1.54) is 11.1 Å². The molecule has 0 fully saturated rings. The predicted molar refractivity (Wildman–Crippen MR) is 116 cm³/mol. The molecule has 0 aromatic heterocycles. The van der Waals surface area contributed by atoms with E-state index in [1.54, 1.807) is 7.11 Å². The van der Waals surface area contributed by atoms with Crippen LogP contribution >= 0.6 is 24.0 Å². The van der Waals surface area contributed by atoms with Crippen LogP contribution in [0.3, 0.4) is 0 Å². The van der Waals surface area contributed by atoms with Gasteiger partial charge in [0.05, 0.1) is 13.2 Å². The van der Waals surface area contributed by atoms with Crippen molar-refractivity contribution in [1.29, 1.82) is 0 Å². The Kier molecular flexibility index (Phi) is 14.9. The van der Waals surface area contributed by atoms with Crippen LogP contribution in [0.5, 0.6) is 0 Å². The van der Waals surface area contributed by atoms with E-state index in [1.807, 2.05) is 0 Å². The Labute approximate surface area is 170 Å². The van der Waals surface area contributed by atoms with Crippen molar-refractivity contribution in [2.75, 3.05) is 46.6 Å². The van der Waals surface area contributed by atoms with Gasteiger partial charge in [0.2, 0.25) is 0 Å². The van der Waals surface area contributed by atoms with E-state index in [0.717, 1.165) is 38.6 Å². The number of benzene rings is 1. The van der Waals surface area contributed by atoms with Crippen molar-refractivity contribution in [3.63, 3.8) is 0 Å². The molecule has 1 aromatic rings. The van der Waals surface area contributed by atoms with Gasteiger partial charge in [-0.3, -0.25) is 4.99 Å². The van der Waals surface area contributed by atoms with Gasteiger partial charge >= 0.3 is 0 Å². The number of guanidine groups is 1. The van der Waals surface area contributed by atoms with Crippen molar-refractivity contribution < 1.29 is 9.47 Å². The summed E-state index contributed by atoms with van der Waals surface area (Å²) < 4.78 is 10.4. The number of methoxy groups -OCH3 is 1. The predicted octanol–water partition coefficient (Wildman–Crippen LogP) is 3.32. The third-order valence-electron chi connectivity index (χ3n) is 3.67. The summed E-state index contributed by atoms with van der Waals surface area (Å²) in [5, 5.41) is 6.65. The molecule has 5 nitrogen and oxygen atoms in total. The van der Waals surface area contributed by atoms with Crippen molar-refractivity contribution in [1.82, 2.24) is 10.6 Å². The van der Waals surface area contributed by atoms with Gasteiger partial charge in [0, 0.05) is 39.3 Å². The number of nitrogens with one attached hydrogen (secondary N) is 2. The molecular weight excluding hydrogens is 429 g/mol. The van der Waals surface area contributed by atoms with Gasteiger partial charge in [-0.25, -0.2) is 0 Å². The Morgan fingerprint density at radius 3 is 2.68 bits per heavy atom. The highest BCUT2D eigenvalue weighted by Crippen LogP contribution is 2.16. The van der Waals surface area contributed by atoms with Crippen LogP contribution in [0.15, 0.2) is 29.3 Å². The van der Waals surface area contributed by atoms with Gasteiger partial charge in [-0.2, -0.15) is 0 Å². The van der Waals surface area contributed by atoms with Crippen LogP contribution in [-0.4, -0.2) is 52.5 Å². The van der Waals surface area contributed by atoms with Crippen molar-refractivity contribution in [3.05, 3.63) is 35.4 Å². The number of nitrogens with zero attached hydrogens (tertiary/aromatic N) is 1. The zero-order valence-corrected chi connectivity index (χ0v) is 18.3. The van der Waals surface area contributed by atoms with Crippen LogP contribution in [0.4, 0.5) is 0 Å². The van der Waals surface area contributed by atoms with Crippen LogP contribution in [0, 0.1) is 6.92 Å². The standard InChI is InChI=1S/C19H33N3O2.HI/c1-5-20-19(21-10-7-11-24-13-12-23-4)22-15-17(3)18-9-6-8-16(2)14-18;/h6,8-9,14,17H,5,7,10-13,15H2,1-4H3,(H2,20,21,22);1H. The minimum Gasteiger partial charge on any atom is -0.382 e. The highest BCUT2D eigenvalue weighted by molar-refractivity contribution is 14.0. The van der Waals surface area contributed by atoms with E-state index in [4.69, 9.17) is 14.5 Å². The monoisotopic (exact) mass is 463 g/mol. The highest BCUT2D eigenvalue weighted by atomic mass is 127. The molecule has 1 atom stereocenters. The highest BCUT2D eigenvalue weighted by Gasteiger charge is 2.05. The molecule has 1 unspecified atom stereocenters. The molecule has 0 aliphatic carbocycles. The third kappa shape index (κ3) is 11.4. The fraction of sp³-hybridized carbons (Fsp3) is 0.632. The van der Waals surface area contributed by atoms with Gasteiger partial charge in [0.15, 0.2) is 5.96 Å². The van der Waals surface area contributed by atoms with Gasteiger partial charge in [-0.1, -0.05) is 36.8 Å². The van der Waals surface area contributed by atoms with Crippen LogP contribution < -0.4 is 10.6 Å². The molecule has 144 valence electrons. The lowest BCUT2D eigenvalue weighted by molar-refractivity contribution is 0.0698. The molecule has 6 heteroatoms. The number of aliphatic imine (C=N–C) groups is 1. The molecule has 1 rings (SSSR count). The van der Waals surface area contributed by atoms with Crippen molar-refractivity contribution >= 4 is 29.9 Å². The van der Waals surface area contributed by atoms with E-state index < -0.39 is 0 Å². The lowest BCUT2D eigenvalue weighted by Gasteiger charge is -2.14. The summed E-state index contributed by atoms with van der Waals surface area (Å²) in [6.45, 7) is 10.9. The first-order chi connectivity index (χ1) is 11.7. The van der Waals surface area contributed by atoms with Gasteiger partial charge in [-0.05, 0) is 25.8 Å². The number of hydrogen-bond acceptors (Lipinski definition) is 3. The summed E-state index contributed by atoms with van der Waals surface area (Å²) in [5.41, 5.74) is 2.63. The third-order valence-corrected chi connectivity index (χ3v) is 3.67. The average molecular weight is 463 g/mol. The minimum absolute atomic E-state index is 0. The fourth-order valence-corrected chi connectivity index (χ4v) is 2.28. The number of hydrogen-bond donors (Lipinski definition) is 2. The van der Waals surface area contributed by atoms with E-state index in [-0.39, 0.29) is 24.0 Å². The van der Waals surface area contributed by atoms with Crippen LogP contribution in [0.25, 0.3) is 0 Å². The molecule has 0 saturated carbocycles. The summed E-state index contributed by atoms with van der Waals surface area (Å²) in [7, 11) is 1.68. The normalized spacial score (nSPS) is 12.4. The maximum Gasteiger partial charge on any atom is 0.191 e. The van der Waals surface area contributed by atoms with Gasteiger partial charge in [0.25, 0.3) is 0 Å². The molecular formula is C19H34IN3O2. The van der Waals surface area contributed by atoms with Gasteiger partial charge < -0.3 is 20.1 Å². The summed E-state index contributed by atoms with van der Waals surface area (Å²) in [6.07, 6.45) is 0.946. The number of ether oxygens (including phenoxy) is 2. The molecule has 0 aliphatic rings. The maximum absolute atomic E-state index is 5.46. The zero-order valence-electron chi connectivity index (χ0n) is 16.0. The zero-order chi connectivity index (χ0) is 17.6. The minimum atomic E-state index is 0. The first-order valence-electron chi connectivity index (χ1n) is 8.82. The Balaban J connectivity index is 0.00000576. The van der Waals surface area contributed by atoms with Crippen molar-refractivity contribution in [2.45, 2.75) is 33.1 Å². The second kappa shape index (κ2) is 15.4. The largest absolute Gasteiger partial charge is 0.382 e. The van der Waals surface area contributed by atoms with Gasteiger partial charge in [-0.15, -0.1) is 24.0 Å². The molecule has 0 saturated heterocycles. The van der Waals surface area contributed by atoms with E-state index in [0.29, 0.717) is 19.1 Å². The molecule has 0 spiro atoms. The number of rotatable bonds is 11. The first kappa shape index (κ1) is 24.1. The Morgan fingerprint density at radius 1 is 1.20 bits per heavy atom. The summed E-state index contributed by atoms with van der Waals surface area (Å²) >= 11 is 0. The summed E-state index contributed by atoms with van der Waals surface area (Å²) in [4.78, 5) is 4.70. The Bertz CT molecular complexity index is 483. The SMILES string of the molecule is CCNC(=NCC(C)c1cccc(C)c1)NCCCOCCOC.I. The number of aryl methyl sites for hydroxylation is 1. The maximum atomic E-state index is 5.46. The Morgan fingerprint density at radius 2 is 2.00 bits per heavy atom. The smallest absolute Gasteiger partial charge is 0.191 e. The molecule has 25 heavy (non-hydrogen) atoms. The quantitative estimate of drug-likeness (QED) is 0.229. The van der Waals surface area contributed by atoms with Crippen LogP contribution in [-0.2, 0) is 9.47 Å². The average Bonchev–Trinajstić information content (AvgIpc) is 2.58. The summed E-state index contributed by atoms with van der Waals surface area (Å²) in [5.74, 6) is 1.27. The Hall–Kier alpha value is -0.860. The molecule has 0 amide bonds. The van der Waals surface area contributed by atoms with E-state index in [2.05, 4.69) is 55.7 Å². The number of halogens is 1. The topological polar surface area (TPSA) is 54.9 Å². The lowest BCUT2D eigenvalue weighted by atomic mass is 10.00. The van der Waals surface area contributed by atoms with Crippen molar-refractivity contribution in [3.8, 4) is 0 Å². The summed E-state index contributed by atoms with van der Waals surface area (Å²) in [6, 6.07) is 8.64. The van der Waals surface area contributed by atoms with Gasteiger partial charge in [0.1, 0.15) is 0 Å². The second-order valence-corrected chi connectivity index (χ2v) is 5.92. The molecule has 0 heterocycles. The lowest BCUT2D eigenvalue weighted by Crippen LogP contribution is -2.38. The van der Waals surface area contributed by atoms with Crippen LogP contribution in [0.2, 0.25) is 0 Å². The molecule has 0 bridgehead atoms. The molecule has 2 N–H and O–H groups in total. The van der Waals surface area contributed by atoms with E-state index >= 15 is 0 Å². The van der Waals surface area contributed by atoms with Crippen molar-refractivity contribution in [2.24, 2.45) is 4.99 Å². The fourth-order valence-electron chi connectivity index (χ4n) is 2.28. The molecule has 1 aromatic carbocycles. The molecule has 0 aliphatic heterocycles.